The van der Waals surface area contributed by atoms with Crippen LogP contribution >= 0.6 is 0 Å². The summed E-state index contributed by atoms with van der Waals surface area (Å²) in [5.74, 6) is -0.475. The third-order valence-corrected chi connectivity index (χ3v) is 5.09. The molecule has 1 fully saturated rings. The van der Waals surface area contributed by atoms with Crippen LogP contribution in [0.15, 0.2) is 0 Å². The lowest BCUT2D eigenvalue weighted by atomic mass is 9.97. The highest BCUT2D eigenvalue weighted by Crippen LogP contribution is 2.22. The summed E-state index contributed by atoms with van der Waals surface area (Å²) in [5.41, 5.74) is 0. The van der Waals surface area contributed by atoms with Crippen LogP contribution < -0.4 is 16.0 Å². The smallest absolute Gasteiger partial charge is 0.219 e. The lowest BCUT2D eigenvalue weighted by molar-refractivity contribution is -0.270. The number of amides is 3. The van der Waals surface area contributed by atoms with Gasteiger partial charge in [0.05, 0.1) is 6.61 Å². The fourth-order valence-corrected chi connectivity index (χ4v) is 3.26. The maximum Gasteiger partial charge on any atom is 0.219 e. The molecule has 186 valence electrons. The Balaban J connectivity index is 2.21. The van der Waals surface area contributed by atoms with Crippen molar-refractivity contribution in [3.8, 4) is 0 Å². The average molecular weight is 462 g/mol. The van der Waals surface area contributed by atoms with Crippen LogP contribution in [-0.2, 0) is 23.9 Å². The van der Waals surface area contributed by atoms with Gasteiger partial charge in [-0.2, -0.15) is 0 Å². The van der Waals surface area contributed by atoms with Gasteiger partial charge in [-0.25, -0.2) is 0 Å². The zero-order chi connectivity index (χ0) is 23.9. The summed E-state index contributed by atoms with van der Waals surface area (Å²) in [5, 5.41) is 37.6. The number of rotatable bonds is 15. The monoisotopic (exact) mass is 461 g/mol. The topological polar surface area (TPSA) is 166 Å². The molecule has 6 N–H and O–H groups in total. The summed E-state index contributed by atoms with van der Waals surface area (Å²) < 4.78 is 11.1. The molecule has 3 unspecified atom stereocenters. The number of hydrogen-bond donors (Lipinski definition) is 6. The number of carbonyl (C=O) groups excluding carboxylic acids is 3. The van der Waals surface area contributed by atoms with Gasteiger partial charge >= 0.3 is 0 Å². The van der Waals surface area contributed by atoms with Crippen LogP contribution in [0.2, 0.25) is 0 Å². The van der Waals surface area contributed by atoms with Crippen molar-refractivity contribution < 1.29 is 39.2 Å². The van der Waals surface area contributed by atoms with Crippen LogP contribution in [0.1, 0.15) is 58.8 Å². The molecule has 3 amide bonds. The van der Waals surface area contributed by atoms with Gasteiger partial charge in [-0.1, -0.05) is 13.3 Å². The molecule has 1 aliphatic rings. The zero-order valence-electron chi connectivity index (χ0n) is 19.0. The van der Waals surface area contributed by atoms with Gasteiger partial charge in [0.2, 0.25) is 17.7 Å². The van der Waals surface area contributed by atoms with E-state index in [2.05, 4.69) is 16.0 Å². The van der Waals surface area contributed by atoms with Crippen LogP contribution in [-0.4, -0.2) is 90.0 Å². The second-order valence-corrected chi connectivity index (χ2v) is 7.92. The second kappa shape index (κ2) is 15.9. The summed E-state index contributed by atoms with van der Waals surface area (Å²) in [6.45, 7) is 4.02. The highest BCUT2D eigenvalue weighted by Gasteiger charge is 2.45. The van der Waals surface area contributed by atoms with Gasteiger partial charge in [-0.05, 0) is 25.7 Å². The molecule has 1 aliphatic heterocycles. The third kappa shape index (κ3) is 10.7. The summed E-state index contributed by atoms with van der Waals surface area (Å²) in [4.78, 5) is 34.7. The van der Waals surface area contributed by atoms with E-state index in [0.29, 0.717) is 45.2 Å². The van der Waals surface area contributed by atoms with Gasteiger partial charge in [-0.3, -0.25) is 14.4 Å². The van der Waals surface area contributed by atoms with Gasteiger partial charge in [0.15, 0.2) is 6.29 Å². The first kappa shape index (κ1) is 28.2. The highest BCUT2D eigenvalue weighted by molar-refractivity contribution is 5.76. The van der Waals surface area contributed by atoms with Gasteiger partial charge in [-0.15, -0.1) is 0 Å². The minimum atomic E-state index is -1.36. The van der Waals surface area contributed by atoms with Gasteiger partial charge in [0, 0.05) is 39.5 Å². The standard InChI is InChI=1S/C21H39N3O8/c1-3-4-8-16(27)22-10-7-11-23-17(28)9-5-6-12-31-21-18(24-14(2)26)20(30)19(29)15(13-25)32-21/h15,18-21,25,29-30H,3-13H2,1-2H3,(H,22,27)(H,23,28)(H,24,26)/t15?,18?,19-,20?,21+/m0/s1. The van der Waals surface area contributed by atoms with Crippen molar-refractivity contribution >= 4 is 17.7 Å². The molecule has 0 radical (unpaired) electrons. The van der Waals surface area contributed by atoms with E-state index < -0.39 is 43.2 Å². The Labute approximate surface area is 189 Å². The maximum absolute atomic E-state index is 11.9. The van der Waals surface area contributed by atoms with Crippen LogP contribution in [0.4, 0.5) is 0 Å². The molecule has 0 saturated carbocycles. The Morgan fingerprint density at radius 3 is 2.12 bits per heavy atom. The van der Waals surface area contributed by atoms with E-state index in [1.165, 1.54) is 6.92 Å². The molecule has 11 nitrogen and oxygen atoms in total. The van der Waals surface area contributed by atoms with Crippen molar-refractivity contribution in [1.82, 2.24) is 16.0 Å². The number of aliphatic hydroxyl groups excluding tert-OH is 3. The Bertz CT molecular complexity index is 577. The van der Waals surface area contributed by atoms with Crippen molar-refractivity contribution in [2.24, 2.45) is 0 Å². The number of aliphatic hydroxyl groups is 3. The van der Waals surface area contributed by atoms with E-state index in [1.807, 2.05) is 6.92 Å². The Kier molecular flexibility index (Phi) is 14.1. The first-order valence-corrected chi connectivity index (χ1v) is 11.3. The van der Waals surface area contributed by atoms with Gasteiger partial charge < -0.3 is 40.7 Å². The summed E-state index contributed by atoms with van der Waals surface area (Å²) in [6, 6.07) is -0.976. The summed E-state index contributed by atoms with van der Waals surface area (Å²) >= 11 is 0. The van der Waals surface area contributed by atoms with Crippen molar-refractivity contribution in [1.29, 1.82) is 0 Å². The quantitative estimate of drug-likeness (QED) is 0.168. The van der Waals surface area contributed by atoms with E-state index >= 15 is 0 Å². The molecule has 0 aromatic carbocycles. The molecule has 0 aliphatic carbocycles. The molecule has 5 atom stereocenters. The van der Waals surface area contributed by atoms with E-state index in [4.69, 9.17) is 9.47 Å². The fraction of sp³-hybridized carbons (Fsp3) is 0.857. The number of carbonyl (C=O) groups is 3. The molecular formula is C21H39N3O8. The molecule has 1 saturated heterocycles. The second-order valence-electron chi connectivity index (χ2n) is 7.92. The number of nitrogens with one attached hydrogen (secondary N) is 3. The third-order valence-electron chi connectivity index (χ3n) is 5.09. The van der Waals surface area contributed by atoms with E-state index in [9.17, 15) is 29.7 Å². The number of hydrogen-bond acceptors (Lipinski definition) is 8. The molecule has 1 rings (SSSR count). The van der Waals surface area contributed by atoms with Gasteiger partial charge in [0.1, 0.15) is 24.4 Å². The Hall–Kier alpha value is -1.79. The zero-order valence-corrected chi connectivity index (χ0v) is 19.0. The Morgan fingerprint density at radius 1 is 0.938 bits per heavy atom. The van der Waals surface area contributed by atoms with Crippen molar-refractivity contribution in [3.63, 3.8) is 0 Å². The SMILES string of the molecule is CCCCC(=O)NCCCNC(=O)CCCCO[C@@H]1OC(CO)[C@H](O)C(O)C1NC(C)=O. The van der Waals surface area contributed by atoms with E-state index in [1.54, 1.807) is 0 Å². The van der Waals surface area contributed by atoms with Crippen molar-refractivity contribution in [3.05, 3.63) is 0 Å². The van der Waals surface area contributed by atoms with Crippen LogP contribution in [0.25, 0.3) is 0 Å². The average Bonchev–Trinajstić information content (AvgIpc) is 2.76. The summed E-state index contributed by atoms with van der Waals surface area (Å²) in [6.07, 6.45) is -0.307. The molecular weight excluding hydrogens is 422 g/mol. The molecule has 1 heterocycles. The normalized spacial score (nSPS) is 25.2. The fourth-order valence-electron chi connectivity index (χ4n) is 3.26. The minimum absolute atomic E-state index is 0.0354. The molecule has 11 heteroatoms. The molecule has 32 heavy (non-hydrogen) atoms. The predicted molar refractivity (Wildman–Crippen MR) is 115 cm³/mol. The predicted octanol–water partition coefficient (Wildman–Crippen LogP) is -1.07. The molecule has 0 aromatic heterocycles. The number of ether oxygens (including phenoxy) is 2. The first-order valence-electron chi connectivity index (χ1n) is 11.3. The van der Waals surface area contributed by atoms with Crippen LogP contribution in [0.5, 0.6) is 0 Å². The molecule has 0 spiro atoms. The summed E-state index contributed by atoms with van der Waals surface area (Å²) in [7, 11) is 0. The Morgan fingerprint density at radius 2 is 1.56 bits per heavy atom. The largest absolute Gasteiger partial charge is 0.394 e. The van der Waals surface area contributed by atoms with Crippen LogP contribution in [0.3, 0.4) is 0 Å². The van der Waals surface area contributed by atoms with Crippen LogP contribution in [0, 0.1) is 0 Å². The number of unbranched alkanes of at least 4 members (excludes halogenated alkanes) is 2. The lowest BCUT2D eigenvalue weighted by Crippen LogP contribution is -2.64. The van der Waals surface area contributed by atoms with Crippen molar-refractivity contribution in [2.45, 2.75) is 89.4 Å². The minimum Gasteiger partial charge on any atom is -0.394 e. The van der Waals surface area contributed by atoms with Crippen molar-refractivity contribution in [2.75, 3.05) is 26.3 Å². The highest BCUT2D eigenvalue weighted by atomic mass is 16.7. The lowest BCUT2D eigenvalue weighted by Gasteiger charge is -2.42. The van der Waals surface area contributed by atoms with E-state index in [-0.39, 0.29) is 18.4 Å². The van der Waals surface area contributed by atoms with Gasteiger partial charge in [0.25, 0.3) is 0 Å². The molecule has 0 bridgehead atoms. The molecule has 0 aromatic rings. The maximum atomic E-state index is 11.9. The first-order chi connectivity index (χ1) is 15.3. The van der Waals surface area contributed by atoms with E-state index in [0.717, 1.165) is 12.8 Å².